The van der Waals surface area contributed by atoms with Crippen molar-refractivity contribution in [2.24, 2.45) is 11.8 Å². The summed E-state index contributed by atoms with van der Waals surface area (Å²) in [5.41, 5.74) is 2.03. The lowest BCUT2D eigenvalue weighted by molar-refractivity contribution is -0.127. The summed E-state index contributed by atoms with van der Waals surface area (Å²) in [7, 11) is 0. The average Bonchev–Trinajstić information content (AvgIpc) is 2.81. The van der Waals surface area contributed by atoms with E-state index in [0.717, 1.165) is 11.3 Å². The predicted octanol–water partition coefficient (Wildman–Crippen LogP) is 2.51. The number of carbonyl (C=O) groups excluding carboxylic acids is 2. The molecule has 0 radical (unpaired) electrons. The minimum absolute atomic E-state index is 0.0147. The lowest BCUT2D eigenvalue weighted by Gasteiger charge is -2.20. The van der Waals surface area contributed by atoms with Crippen molar-refractivity contribution in [3.63, 3.8) is 0 Å². The molecular weight excluding hydrogens is 264 g/mol. The predicted molar refractivity (Wildman–Crippen MR) is 84.1 cm³/mol. The van der Waals surface area contributed by atoms with E-state index in [-0.39, 0.29) is 23.8 Å². The molecule has 1 aromatic rings. The van der Waals surface area contributed by atoms with Crippen molar-refractivity contribution in [3.8, 4) is 0 Å². The lowest BCUT2D eigenvalue weighted by Crippen LogP contribution is -2.40. The Morgan fingerprint density at radius 3 is 2.43 bits per heavy atom. The van der Waals surface area contributed by atoms with Crippen LogP contribution in [0.4, 0.5) is 5.69 Å². The van der Waals surface area contributed by atoms with Crippen LogP contribution in [0.25, 0.3) is 0 Å². The number of rotatable bonds is 4. The van der Waals surface area contributed by atoms with E-state index >= 15 is 0 Å². The second-order valence-electron chi connectivity index (χ2n) is 6.28. The number of anilines is 1. The van der Waals surface area contributed by atoms with E-state index in [4.69, 9.17) is 0 Å². The first-order valence-electron chi connectivity index (χ1n) is 7.56. The fourth-order valence-electron chi connectivity index (χ4n) is 2.37. The van der Waals surface area contributed by atoms with Crippen LogP contribution in [0.15, 0.2) is 24.3 Å². The molecule has 0 bridgehead atoms. The highest BCUT2D eigenvalue weighted by Crippen LogP contribution is 2.25. The molecule has 1 aliphatic rings. The van der Waals surface area contributed by atoms with Gasteiger partial charge in [0.1, 0.15) is 0 Å². The molecule has 1 N–H and O–H groups in total. The highest BCUT2D eigenvalue weighted by atomic mass is 16.2. The van der Waals surface area contributed by atoms with Crippen LogP contribution in [-0.2, 0) is 9.59 Å². The summed E-state index contributed by atoms with van der Waals surface area (Å²) in [5.74, 6) is 0.148. The van der Waals surface area contributed by atoms with Gasteiger partial charge in [-0.15, -0.1) is 0 Å². The normalized spacial score (nSPS) is 20.0. The molecule has 1 fully saturated rings. The second kappa shape index (κ2) is 6.29. The van der Waals surface area contributed by atoms with Crippen LogP contribution in [0.2, 0.25) is 0 Å². The van der Waals surface area contributed by atoms with Crippen molar-refractivity contribution >= 4 is 17.5 Å². The molecule has 4 nitrogen and oxygen atoms in total. The fraction of sp³-hybridized carbons (Fsp3) is 0.529. The third kappa shape index (κ3) is 3.63. The Kier molecular flexibility index (Phi) is 4.66. The third-order valence-corrected chi connectivity index (χ3v) is 4.21. The van der Waals surface area contributed by atoms with Gasteiger partial charge in [-0.2, -0.15) is 0 Å². The molecule has 0 spiro atoms. The Balaban J connectivity index is 2.02. The minimum Gasteiger partial charge on any atom is -0.353 e. The van der Waals surface area contributed by atoms with Crippen LogP contribution in [0.3, 0.4) is 0 Å². The first-order chi connectivity index (χ1) is 9.88. The zero-order chi connectivity index (χ0) is 15.6. The number of carbonyl (C=O) groups is 2. The Morgan fingerprint density at radius 1 is 1.24 bits per heavy atom. The molecule has 1 aliphatic heterocycles. The van der Waals surface area contributed by atoms with Crippen LogP contribution < -0.4 is 10.2 Å². The molecule has 0 aromatic heterocycles. The van der Waals surface area contributed by atoms with Crippen molar-refractivity contribution in [1.29, 1.82) is 0 Å². The molecule has 114 valence electrons. The van der Waals surface area contributed by atoms with Gasteiger partial charge in [0, 0.05) is 24.7 Å². The van der Waals surface area contributed by atoms with Crippen LogP contribution >= 0.6 is 0 Å². The number of hydrogen-bond acceptors (Lipinski definition) is 2. The summed E-state index contributed by atoms with van der Waals surface area (Å²) in [6, 6.07) is 7.96. The van der Waals surface area contributed by atoms with E-state index in [9.17, 15) is 9.59 Å². The zero-order valence-corrected chi connectivity index (χ0v) is 13.2. The number of amides is 2. The van der Waals surface area contributed by atoms with Gasteiger partial charge < -0.3 is 10.2 Å². The number of benzene rings is 1. The summed E-state index contributed by atoms with van der Waals surface area (Å²) in [6.07, 6.45) is 0.296. The van der Waals surface area contributed by atoms with Crippen molar-refractivity contribution in [1.82, 2.24) is 5.32 Å². The Hall–Kier alpha value is -1.84. The molecule has 0 unspecified atom stereocenters. The van der Waals surface area contributed by atoms with Crippen molar-refractivity contribution in [3.05, 3.63) is 29.8 Å². The Morgan fingerprint density at radius 2 is 1.86 bits per heavy atom. The quantitative estimate of drug-likeness (QED) is 0.925. The monoisotopic (exact) mass is 288 g/mol. The number of aryl methyl sites for hydroxylation is 1. The summed E-state index contributed by atoms with van der Waals surface area (Å²) in [5, 5.41) is 3.01. The molecule has 2 amide bonds. The molecule has 0 saturated carbocycles. The smallest absolute Gasteiger partial charge is 0.227 e. The van der Waals surface area contributed by atoms with Gasteiger partial charge in [0.25, 0.3) is 0 Å². The highest BCUT2D eigenvalue weighted by Gasteiger charge is 2.35. The zero-order valence-electron chi connectivity index (χ0n) is 13.2. The Labute approximate surface area is 126 Å². The van der Waals surface area contributed by atoms with Gasteiger partial charge in [-0.05, 0) is 31.9 Å². The average molecular weight is 288 g/mol. The molecule has 2 atom stereocenters. The minimum atomic E-state index is -0.250. The molecule has 21 heavy (non-hydrogen) atoms. The first-order valence-corrected chi connectivity index (χ1v) is 7.56. The van der Waals surface area contributed by atoms with Gasteiger partial charge in [0.15, 0.2) is 0 Å². The van der Waals surface area contributed by atoms with Crippen molar-refractivity contribution < 1.29 is 9.59 Å². The van der Waals surface area contributed by atoms with Gasteiger partial charge in [0.05, 0.1) is 5.92 Å². The van der Waals surface area contributed by atoms with Crippen molar-refractivity contribution in [2.45, 2.75) is 40.2 Å². The molecule has 1 saturated heterocycles. The maximum absolute atomic E-state index is 12.2. The molecule has 1 aromatic carbocycles. The molecular formula is C17H24N2O2. The number of nitrogens with zero attached hydrogens (tertiary/aromatic N) is 1. The van der Waals surface area contributed by atoms with E-state index in [2.05, 4.69) is 19.2 Å². The SMILES string of the molecule is Cc1ccc(N2C[C@H](C(=O)N[C@@H](C)C(C)C)CC2=O)cc1. The van der Waals surface area contributed by atoms with Crippen LogP contribution in [-0.4, -0.2) is 24.4 Å². The number of nitrogens with one attached hydrogen (secondary N) is 1. The van der Waals surface area contributed by atoms with Gasteiger partial charge in [-0.3, -0.25) is 9.59 Å². The third-order valence-electron chi connectivity index (χ3n) is 4.21. The standard InChI is InChI=1S/C17H24N2O2/c1-11(2)13(4)18-17(21)14-9-16(20)19(10-14)15-7-5-12(3)6-8-15/h5-8,11,13-14H,9-10H2,1-4H3,(H,18,21)/t13-,14+/m0/s1. The maximum Gasteiger partial charge on any atom is 0.227 e. The highest BCUT2D eigenvalue weighted by molar-refractivity contribution is 6.00. The van der Waals surface area contributed by atoms with Crippen molar-refractivity contribution in [2.75, 3.05) is 11.4 Å². The van der Waals surface area contributed by atoms with Gasteiger partial charge >= 0.3 is 0 Å². The van der Waals surface area contributed by atoms with E-state index in [1.165, 1.54) is 0 Å². The molecule has 4 heteroatoms. The van der Waals surface area contributed by atoms with Gasteiger partial charge in [-0.25, -0.2) is 0 Å². The summed E-state index contributed by atoms with van der Waals surface area (Å²) < 4.78 is 0. The fourth-order valence-corrected chi connectivity index (χ4v) is 2.37. The van der Waals surface area contributed by atoms with Crippen LogP contribution in [0.5, 0.6) is 0 Å². The van der Waals surface area contributed by atoms with Gasteiger partial charge in [0.2, 0.25) is 11.8 Å². The topological polar surface area (TPSA) is 49.4 Å². The maximum atomic E-state index is 12.2. The van der Waals surface area contributed by atoms with E-state index < -0.39 is 0 Å². The van der Waals surface area contributed by atoms with Crippen LogP contribution in [0.1, 0.15) is 32.8 Å². The second-order valence-corrected chi connectivity index (χ2v) is 6.28. The van der Waals surface area contributed by atoms with Crippen LogP contribution in [0, 0.1) is 18.8 Å². The molecule has 0 aliphatic carbocycles. The summed E-state index contributed by atoms with van der Waals surface area (Å²) in [6.45, 7) is 8.63. The molecule has 2 rings (SSSR count). The summed E-state index contributed by atoms with van der Waals surface area (Å²) in [4.78, 5) is 26.1. The van der Waals surface area contributed by atoms with E-state index in [0.29, 0.717) is 18.9 Å². The van der Waals surface area contributed by atoms with E-state index in [1.807, 2.05) is 38.1 Å². The Bertz CT molecular complexity index is 522. The molecule has 1 heterocycles. The first kappa shape index (κ1) is 15.5. The lowest BCUT2D eigenvalue weighted by atomic mass is 10.0. The largest absolute Gasteiger partial charge is 0.353 e. The number of hydrogen-bond donors (Lipinski definition) is 1. The van der Waals surface area contributed by atoms with E-state index in [1.54, 1.807) is 4.90 Å². The summed E-state index contributed by atoms with van der Waals surface area (Å²) >= 11 is 0. The van der Waals surface area contributed by atoms with Gasteiger partial charge in [-0.1, -0.05) is 31.5 Å².